The number of esters is 1. The van der Waals surface area contributed by atoms with Crippen LogP contribution in [0.15, 0.2) is 24.3 Å². The van der Waals surface area contributed by atoms with Crippen molar-refractivity contribution in [3.63, 3.8) is 0 Å². The maximum absolute atomic E-state index is 11.5. The fourth-order valence-electron chi connectivity index (χ4n) is 1.73. The average Bonchev–Trinajstić information content (AvgIpc) is 2.70. The second-order valence-electron chi connectivity index (χ2n) is 3.94. The van der Waals surface area contributed by atoms with E-state index in [1.165, 1.54) is 0 Å². The highest BCUT2D eigenvalue weighted by molar-refractivity contribution is 6.19. The molecule has 102 valence electrons. The highest BCUT2D eigenvalue weighted by Crippen LogP contribution is 2.24. The first-order valence-corrected chi connectivity index (χ1v) is 5.78. The van der Waals surface area contributed by atoms with Gasteiger partial charge in [0.25, 0.3) is 0 Å². The van der Waals surface area contributed by atoms with Gasteiger partial charge in [-0.05, 0) is 24.3 Å². The van der Waals surface area contributed by atoms with Crippen LogP contribution in [-0.4, -0.2) is 23.3 Å². The van der Waals surface area contributed by atoms with E-state index in [2.05, 4.69) is 0 Å². The molecule has 0 saturated carbocycles. The van der Waals surface area contributed by atoms with Gasteiger partial charge in [0.2, 0.25) is 11.8 Å². The summed E-state index contributed by atoms with van der Waals surface area (Å²) in [4.78, 5) is 35.3. The Bertz CT molecular complexity index is 478. The normalized spacial score (nSPS) is 14.3. The Labute approximate surface area is 110 Å². The van der Waals surface area contributed by atoms with Crippen molar-refractivity contribution >= 4 is 23.5 Å². The standard InChI is InChI=1S/C13H13NO4.H2O/c1-2-13(17)18-10-5-3-9(4-6-10)14-11(15)7-8-12(14)16;/h3-6H,2,7-8H2,1H3;1H2. The fourth-order valence-corrected chi connectivity index (χ4v) is 1.73. The summed E-state index contributed by atoms with van der Waals surface area (Å²) in [6.07, 6.45) is 0.807. The van der Waals surface area contributed by atoms with Crippen LogP contribution in [0.25, 0.3) is 0 Å². The van der Waals surface area contributed by atoms with Crippen LogP contribution in [-0.2, 0) is 14.4 Å². The van der Waals surface area contributed by atoms with Crippen LogP contribution in [0.5, 0.6) is 5.75 Å². The van der Waals surface area contributed by atoms with Crippen molar-refractivity contribution in [1.29, 1.82) is 0 Å². The Hall–Kier alpha value is -2.21. The molecule has 6 nitrogen and oxygen atoms in total. The molecule has 0 bridgehead atoms. The molecule has 0 aromatic heterocycles. The van der Waals surface area contributed by atoms with Crippen molar-refractivity contribution in [2.75, 3.05) is 4.90 Å². The first-order chi connectivity index (χ1) is 8.61. The van der Waals surface area contributed by atoms with Gasteiger partial charge < -0.3 is 10.2 Å². The van der Waals surface area contributed by atoms with E-state index in [0.717, 1.165) is 4.90 Å². The average molecular weight is 265 g/mol. The number of ether oxygens (including phenoxy) is 1. The van der Waals surface area contributed by atoms with E-state index < -0.39 is 0 Å². The Kier molecular flexibility index (Phi) is 4.77. The molecule has 1 saturated heterocycles. The summed E-state index contributed by atoms with van der Waals surface area (Å²) in [5.41, 5.74) is 0.513. The summed E-state index contributed by atoms with van der Waals surface area (Å²) in [6.45, 7) is 1.71. The van der Waals surface area contributed by atoms with E-state index in [1.807, 2.05) is 0 Å². The number of carbonyl (C=O) groups excluding carboxylic acids is 3. The molecule has 0 atom stereocenters. The summed E-state index contributed by atoms with van der Waals surface area (Å²) < 4.78 is 5.01. The van der Waals surface area contributed by atoms with Crippen molar-refractivity contribution in [3.8, 4) is 5.75 Å². The van der Waals surface area contributed by atoms with Crippen LogP contribution in [0.3, 0.4) is 0 Å². The van der Waals surface area contributed by atoms with Gasteiger partial charge in [0.05, 0.1) is 5.69 Å². The zero-order valence-electron chi connectivity index (χ0n) is 10.5. The SMILES string of the molecule is CCC(=O)Oc1ccc(N2C(=O)CCC2=O)cc1.O. The molecule has 1 aromatic carbocycles. The zero-order chi connectivity index (χ0) is 13.1. The predicted molar refractivity (Wildman–Crippen MR) is 67.7 cm³/mol. The Morgan fingerprint density at radius 2 is 1.68 bits per heavy atom. The molecule has 0 spiro atoms. The number of carbonyl (C=O) groups is 3. The minimum atomic E-state index is -0.323. The van der Waals surface area contributed by atoms with Crippen LogP contribution in [0.1, 0.15) is 26.2 Å². The molecule has 6 heteroatoms. The number of imide groups is 1. The summed E-state index contributed by atoms with van der Waals surface area (Å²) in [6, 6.07) is 6.34. The lowest BCUT2D eigenvalue weighted by atomic mass is 10.3. The Morgan fingerprint density at radius 1 is 1.16 bits per heavy atom. The predicted octanol–water partition coefficient (Wildman–Crippen LogP) is 0.831. The summed E-state index contributed by atoms with van der Waals surface area (Å²) in [5, 5.41) is 0. The third kappa shape index (κ3) is 3.17. The van der Waals surface area contributed by atoms with Crippen molar-refractivity contribution < 1.29 is 24.6 Å². The lowest BCUT2D eigenvalue weighted by Crippen LogP contribution is -2.28. The summed E-state index contributed by atoms with van der Waals surface area (Å²) >= 11 is 0. The zero-order valence-corrected chi connectivity index (χ0v) is 10.5. The van der Waals surface area contributed by atoms with Crippen LogP contribution in [0, 0.1) is 0 Å². The number of rotatable bonds is 3. The number of anilines is 1. The molecule has 0 unspecified atom stereocenters. The van der Waals surface area contributed by atoms with E-state index in [-0.39, 0.29) is 36.1 Å². The summed E-state index contributed by atoms with van der Waals surface area (Å²) in [5.74, 6) is -0.308. The number of hydrogen-bond acceptors (Lipinski definition) is 4. The largest absolute Gasteiger partial charge is 0.427 e. The van der Waals surface area contributed by atoms with Crippen molar-refractivity contribution in [2.45, 2.75) is 26.2 Å². The highest BCUT2D eigenvalue weighted by atomic mass is 16.5. The van der Waals surface area contributed by atoms with Crippen molar-refractivity contribution in [1.82, 2.24) is 0 Å². The fraction of sp³-hybridized carbons (Fsp3) is 0.308. The molecule has 1 aliphatic rings. The first-order valence-electron chi connectivity index (χ1n) is 5.78. The smallest absolute Gasteiger partial charge is 0.310 e. The first kappa shape index (κ1) is 14.8. The van der Waals surface area contributed by atoms with Gasteiger partial charge in [-0.3, -0.25) is 19.3 Å². The van der Waals surface area contributed by atoms with Crippen LogP contribution >= 0.6 is 0 Å². The lowest BCUT2D eigenvalue weighted by Gasteiger charge is -2.13. The molecule has 0 radical (unpaired) electrons. The molecule has 19 heavy (non-hydrogen) atoms. The molecule has 0 aliphatic carbocycles. The molecule has 1 aliphatic heterocycles. The van der Waals surface area contributed by atoms with E-state index >= 15 is 0 Å². The van der Waals surface area contributed by atoms with Crippen molar-refractivity contribution in [2.24, 2.45) is 0 Å². The molecule has 2 rings (SSSR count). The molecule has 1 fully saturated rings. The van der Waals surface area contributed by atoms with Crippen LogP contribution < -0.4 is 9.64 Å². The van der Waals surface area contributed by atoms with Crippen LogP contribution in [0.4, 0.5) is 5.69 Å². The highest BCUT2D eigenvalue weighted by Gasteiger charge is 2.30. The maximum Gasteiger partial charge on any atom is 0.310 e. The van der Waals surface area contributed by atoms with Gasteiger partial charge in [-0.15, -0.1) is 0 Å². The molecular formula is C13H15NO5. The number of amides is 2. The second kappa shape index (κ2) is 6.10. The second-order valence-corrected chi connectivity index (χ2v) is 3.94. The van der Waals surface area contributed by atoms with Gasteiger partial charge in [0.15, 0.2) is 0 Å². The topological polar surface area (TPSA) is 95.2 Å². The van der Waals surface area contributed by atoms with E-state index in [9.17, 15) is 14.4 Å². The third-order valence-electron chi connectivity index (χ3n) is 2.67. The molecular weight excluding hydrogens is 250 g/mol. The van der Waals surface area contributed by atoms with Gasteiger partial charge in [0, 0.05) is 19.3 Å². The number of nitrogens with zero attached hydrogens (tertiary/aromatic N) is 1. The van der Waals surface area contributed by atoms with Gasteiger partial charge >= 0.3 is 5.97 Å². The Morgan fingerprint density at radius 3 is 2.16 bits per heavy atom. The molecule has 1 aromatic rings. The van der Waals surface area contributed by atoms with Crippen LogP contribution in [0.2, 0.25) is 0 Å². The molecule has 1 heterocycles. The number of hydrogen-bond donors (Lipinski definition) is 0. The van der Waals surface area contributed by atoms with Gasteiger partial charge in [0.1, 0.15) is 5.75 Å². The minimum absolute atomic E-state index is 0. The van der Waals surface area contributed by atoms with Crippen molar-refractivity contribution in [3.05, 3.63) is 24.3 Å². The quantitative estimate of drug-likeness (QED) is 0.459. The van der Waals surface area contributed by atoms with Gasteiger partial charge in [-0.25, -0.2) is 0 Å². The van der Waals surface area contributed by atoms with E-state index in [4.69, 9.17) is 4.74 Å². The van der Waals surface area contributed by atoms with Gasteiger partial charge in [-0.2, -0.15) is 0 Å². The maximum atomic E-state index is 11.5. The van der Waals surface area contributed by atoms with E-state index in [1.54, 1.807) is 31.2 Å². The Balaban J connectivity index is 0.00000180. The van der Waals surface area contributed by atoms with E-state index in [0.29, 0.717) is 17.9 Å². The minimum Gasteiger partial charge on any atom is -0.427 e. The lowest BCUT2D eigenvalue weighted by molar-refractivity contribution is -0.134. The molecule has 2 N–H and O–H groups in total. The summed E-state index contributed by atoms with van der Waals surface area (Å²) in [7, 11) is 0. The number of benzene rings is 1. The molecule has 2 amide bonds. The third-order valence-corrected chi connectivity index (χ3v) is 2.67. The monoisotopic (exact) mass is 265 g/mol. The van der Waals surface area contributed by atoms with Gasteiger partial charge in [-0.1, -0.05) is 6.92 Å².